The van der Waals surface area contributed by atoms with E-state index in [0.717, 1.165) is 23.5 Å². The van der Waals surface area contributed by atoms with E-state index < -0.39 is 41.5 Å². The van der Waals surface area contributed by atoms with Crippen molar-refractivity contribution in [2.24, 2.45) is 5.92 Å². The maximum Gasteiger partial charge on any atom is 0.328 e. The Morgan fingerprint density at radius 3 is 2.21 bits per heavy atom. The number of hydrogen-bond donors (Lipinski definition) is 4. The molecule has 0 aliphatic heterocycles. The first-order valence-corrected chi connectivity index (χ1v) is 14.5. The lowest BCUT2D eigenvalue weighted by atomic mass is 10.0. The van der Waals surface area contributed by atoms with E-state index in [4.69, 9.17) is 4.74 Å². The van der Waals surface area contributed by atoms with E-state index in [-0.39, 0.29) is 11.3 Å². The van der Waals surface area contributed by atoms with Crippen LogP contribution in [-0.2, 0) is 16.0 Å². The third-order valence-corrected chi connectivity index (χ3v) is 7.28. The van der Waals surface area contributed by atoms with Gasteiger partial charge in [-0.1, -0.05) is 30.3 Å². The molecule has 8 nitrogen and oxygen atoms in total. The van der Waals surface area contributed by atoms with E-state index in [1.807, 2.05) is 13.8 Å². The van der Waals surface area contributed by atoms with E-state index in [1.54, 1.807) is 52.0 Å². The molecule has 0 radical (unpaired) electrons. The zero-order valence-corrected chi connectivity index (χ0v) is 25.5. The summed E-state index contributed by atoms with van der Waals surface area (Å²) in [6.07, 6.45) is 2.68. The van der Waals surface area contributed by atoms with Gasteiger partial charge in [-0.2, -0.15) is 0 Å². The number of hydrogen-bond acceptors (Lipinski definition) is 4. The Bertz CT molecular complexity index is 1500. The molecular formula is C34H40FN3O5. The van der Waals surface area contributed by atoms with Gasteiger partial charge in [-0.3, -0.25) is 4.79 Å². The van der Waals surface area contributed by atoms with Gasteiger partial charge in [0.15, 0.2) is 6.04 Å². The standard InChI is InChI=1S/C34H40FN3O5/c1-19-14-23(16-22-10-11-22)15-20(2)29(19)38-33(42)36-28-18-25(24-8-7-9-26(35)17-24)12-13-27(28)31(39)37-30(32(40)41)21(3)43-34(4,5)6/h7-9,12-15,17-18,21-22,30H,10-11,16H2,1-6H3,(H,37,39)(H,40,41)(H2,36,38,42)/t21?,30-/m0/s1. The normalized spacial score (nSPS) is 14.5. The van der Waals surface area contributed by atoms with Crippen molar-refractivity contribution >= 4 is 29.3 Å². The van der Waals surface area contributed by atoms with E-state index in [2.05, 4.69) is 28.1 Å². The quantitative estimate of drug-likeness (QED) is 0.201. The monoisotopic (exact) mass is 589 g/mol. The molecule has 0 heterocycles. The molecule has 0 bridgehead atoms. The van der Waals surface area contributed by atoms with Gasteiger partial charge in [-0.15, -0.1) is 0 Å². The number of aryl methyl sites for hydroxylation is 2. The highest BCUT2D eigenvalue weighted by atomic mass is 19.1. The van der Waals surface area contributed by atoms with Crippen LogP contribution >= 0.6 is 0 Å². The fourth-order valence-corrected chi connectivity index (χ4v) is 5.21. The minimum Gasteiger partial charge on any atom is -0.480 e. The molecule has 0 spiro atoms. The number of benzene rings is 3. The number of anilines is 2. The summed E-state index contributed by atoms with van der Waals surface area (Å²) in [6.45, 7) is 10.8. The van der Waals surface area contributed by atoms with Crippen LogP contribution in [0.25, 0.3) is 11.1 Å². The van der Waals surface area contributed by atoms with Gasteiger partial charge in [-0.05, 0) is 119 Å². The molecule has 1 unspecified atom stereocenters. The molecule has 3 amide bonds. The molecule has 1 aliphatic rings. The van der Waals surface area contributed by atoms with E-state index in [9.17, 15) is 23.9 Å². The number of halogens is 1. The van der Waals surface area contributed by atoms with Gasteiger partial charge in [0.25, 0.3) is 5.91 Å². The summed E-state index contributed by atoms with van der Waals surface area (Å²) >= 11 is 0. The Hall–Kier alpha value is -4.24. The number of carboxylic acid groups (broad SMARTS) is 1. The molecule has 0 saturated heterocycles. The molecule has 43 heavy (non-hydrogen) atoms. The number of ether oxygens (including phenoxy) is 1. The number of aliphatic carboxylic acids is 1. The summed E-state index contributed by atoms with van der Waals surface area (Å²) < 4.78 is 19.8. The molecule has 4 rings (SSSR count). The second-order valence-electron chi connectivity index (χ2n) is 12.3. The lowest BCUT2D eigenvalue weighted by molar-refractivity contribution is -0.146. The second-order valence-corrected chi connectivity index (χ2v) is 12.3. The number of carboxylic acids is 1. The molecule has 228 valence electrons. The van der Waals surface area contributed by atoms with Gasteiger partial charge in [-0.25, -0.2) is 14.0 Å². The van der Waals surface area contributed by atoms with Crippen LogP contribution in [0.3, 0.4) is 0 Å². The Morgan fingerprint density at radius 1 is 0.977 bits per heavy atom. The number of rotatable bonds is 10. The highest BCUT2D eigenvalue weighted by molar-refractivity contribution is 6.08. The zero-order valence-electron chi connectivity index (χ0n) is 25.5. The highest BCUT2D eigenvalue weighted by Gasteiger charge is 2.31. The molecular weight excluding hydrogens is 549 g/mol. The van der Waals surface area contributed by atoms with Gasteiger partial charge in [0.1, 0.15) is 5.82 Å². The summed E-state index contributed by atoms with van der Waals surface area (Å²) in [7, 11) is 0. The highest BCUT2D eigenvalue weighted by Crippen LogP contribution is 2.34. The molecule has 3 aromatic carbocycles. The van der Waals surface area contributed by atoms with Crippen molar-refractivity contribution in [1.82, 2.24) is 5.32 Å². The fraction of sp³-hybridized carbons (Fsp3) is 0.382. The van der Waals surface area contributed by atoms with E-state index in [1.165, 1.54) is 36.6 Å². The number of nitrogens with one attached hydrogen (secondary N) is 3. The summed E-state index contributed by atoms with van der Waals surface area (Å²) in [5.41, 5.74) is 4.40. The number of urea groups is 1. The fourth-order valence-electron chi connectivity index (χ4n) is 5.21. The smallest absolute Gasteiger partial charge is 0.328 e. The van der Waals surface area contributed by atoms with Gasteiger partial charge in [0.2, 0.25) is 0 Å². The van der Waals surface area contributed by atoms with Crippen LogP contribution in [0.5, 0.6) is 0 Å². The molecule has 3 aromatic rings. The number of carbonyl (C=O) groups is 3. The first kappa shape index (κ1) is 31.7. The van der Waals surface area contributed by atoms with E-state index in [0.29, 0.717) is 16.8 Å². The van der Waals surface area contributed by atoms with Crippen LogP contribution in [0, 0.1) is 25.6 Å². The van der Waals surface area contributed by atoms with Crippen molar-refractivity contribution in [3.63, 3.8) is 0 Å². The minimum atomic E-state index is -1.35. The Morgan fingerprint density at radius 2 is 1.63 bits per heavy atom. The first-order chi connectivity index (χ1) is 20.2. The van der Waals surface area contributed by atoms with Crippen LogP contribution in [-0.4, -0.2) is 40.8 Å². The molecule has 1 saturated carbocycles. The Kier molecular flexibility index (Phi) is 9.55. The topological polar surface area (TPSA) is 117 Å². The summed E-state index contributed by atoms with van der Waals surface area (Å²) in [6, 6.07) is 12.8. The third-order valence-electron chi connectivity index (χ3n) is 7.28. The van der Waals surface area contributed by atoms with Crippen LogP contribution < -0.4 is 16.0 Å². The second kappa shape index (κ2) is 13.0. The number of carbonyl (C=O) groups excluding carboxylic acids is 2. The minimum absolute atomic E-state index is 0.0396. The predicted octanol–water partition coefficient (Wildman–Crippen LogP) is 7.09. The average Bonchev–Trinajstić information content (AvgIpc) is 3.72. The molecule has 0 aromatic heterocycles. The molecule has 1 fully saturated rings. The molecule has 9 heteroatoms. The summed E-state index contributed by atoms with van der Waals surface area (Å²) in [5, 5.41) is 18.1. The van der Waals surface area contributed by atoms with Gasteiger partial charge >= 0.3 is 12.0 Å². The lowest BCUT2D eigenvalue weighted by Gasteiger charge is -2.29. The zero-order chi connectivity index (χ0) is 31.5. The molecule has 1 aliphatic carbocycles. The molecule has 4 N–H and O–H groups in total. The Labute approximate surface area is 252 Å². The summed E-state index contributed by atoms with van der Waals surface area (Å²) in [5.74, 6) is -1.67. The SMILES string of the molecule is Cc1cc(CC2CC2)cc(C)c1NC(=O)Nc1cc(-c2cccc(F)c2)ccc1C(=O)N[C@H](C(=O)O)C(C)OC(C)(C)C. The van der Waals surface area contributed by atoms with E-state index >= 15 is 0 Å². The number of amides is 3. The molecule has 2 atom stereocenters. The van der Waals surface area contributed by atoms with Crippen molar-refractivity contribution in [3.05, 3.63) is 82.7 Å². The largest absolute Gasteiger partial charge is 0.480 e. The first-order valence-electron chi connectivity index (χ1n) is 14.5. The maximum atomic E-state index is 14.0. The third kappa shape index (κ3) is 8.64. The van der Waals surface area contributed by atoms with Crippen LogP contribution in [0.4, 0.5) is 20.6 Å². The summed E-state index contributed by atoms with van der Waals surface area (Å²) in [4.78, 5) is 38.8. The average molecular weight is 590 g/mol. The van der Waals surface area contributed by atoms with Crippen molar-refractivity contribution in [2.45, 2.75) is 78.6 Å². The van der Waals surface area contributed by atoms with Gasteiger partial charge in [0, 0.05) is 5.69 Å². The van der Waals surface area contributed by atoms with Crippen LogP contribution in [0.15, 0.2) is 54.6 Å². The van der Waals surface area contributed by atoms with Crippen molar-refractivity contribution in [3.8, 4) is 11.1 Å². The lowest BCUT2D eigenvalue weighted by Crippen LogP contribution is -2.50. The van der Waals surface area contributed by atoms with Gasteiger partial charge < -0.3 is 25.8 Å². The van der Waals surface area contributed by atoms with Crippen molar-refractivity contribution in [2.75, 3.05) is 10.6 Å². The Balaban J connectivity index is 1.62. The maximum absolute atomic E-state index is 14.0. The predicted molar refractivity (Wildman–Crippen MR) is 166 cm³/mol. The van der Waals surface area contributed by atoms with Crippen molar-refractivity contribution < 1.29 is 28.6 Å². The van der Waals surface area contributed by atoms with Crippen molar-refractivity contribution in [1.29, 1.82) is 0 Å². The van der Waals surface area contributed by atoms with Gasteiger partial charge in [0.05, 0.1) is 23.0 Å². The van der Waals surface area contributed by atoms with Crippen LogP contribution in [0.1, 0.15) is 67.6 Å². The van der Waals surface area contributed by atoms with Crippen LogP contribution in [0.2, 0.25) is 0 Å².